The molecule has 2 aromatic carbocycles. The van der Waals surface area contributed by atoms with Gasteiger partial charge >= 0.3 is 0 Å². The highest BCUT2D eigenvalue weighted by Gasteiger charge is 2.20. The standard InChI is InChI=1S/C22H29NO5/c1-6-17(28-19-10-8-7-9-18(19)25-4)22(24)23-14-16-11-12-20(27-15(2)3)21(13-16)26-5/h7-13,15,17H,6,14H2,1-5H3,(H,23,24)/t17-/m1/s1. The minimum absolute atomic E-state index is 0.0527. The molecular weight excluding hydrogens is 358 g/mol. The predicted molar refractivity (Wildman–Crippen MR) is 108 cm³/mol. The summed E-state index contributed by atoms with van der Waals surface area (Å²) in [6.45, 7) is 6.18. The molecule has 0 aliphatic carbocycles. The molecule has 0 saturated carbocycles. The lowest BCUT2D eigenvalue weighted by Crippen LogP contribution is -2.37. The largest absolute Gasteiger partial charge is 0.493 e. The second-order valence-electron chi connectivity index (χ2n) is 6.54. The highest BCUT2D eigenvalue weighted by atomic mass is 16.5. The van der Waals surface area contributed by atoms with Crippen LogP contribution >= 0.6 is 0 Å². The second kappa shape index (κ2) is 10.4. The minimum Gasteiger partial charge on any atom is -0.493 e. The first-order valence-corrected chi connectivity index (χ1v) is 9.39. The van der Waals surface area contributed by atoms with Gasteiger partial charge in [0, 0.05) is 6.54 Å². The molecule has 0 radical (unpaired) electrons. The van der Waals surface area contributed by atoms with E-state index < -0.39 is 6.10 Å². The SMILES string of the molecule is CC[C@@H](Oc1ccccc1OC)C(=O)NCc1ccc(OC(C)C)c(OC)c1. The third-order valence-corrected chi connectivity index (χ3v) is 4.06. The number of carbonyl (C=O) groups excluding carboxylic acids is 1. The highest BCUT2D eigenvalue weighted by molar-refractivity contribution is 5.81. The number of hydrogen-bond acceptors (Lipinski definition) is 5. The van der Waals surface area contributed by atoms with Gasteiger partial charge < -0.3 is 24.3 Å². The van der Waals surface area contributed by atoms with Gasteiger partial charge in [0.15, 0.2) is 29.1 Å². The van der Waals surface area contributed by atoms with Crippen LogP contribution in [0.2, 0.25) is 0 Å². The van der Waals surface area contributed by atoms with Crippen LogP contribution in [0.4, 0.5) is 0 Å². The molecule has 6 nitrogen and oxygen atoms in total. The van der Waals surface area contributed by atoms with Crippen molar-refractivity contribution in [1.29, 1.82) is 0 Å². The number of ether oxygens (including phenoxy) is 4. The third-order valence-electron chi connectivity index (χ3n) is 4.06. The molecule has 0 spiro atoms. The Morgan fingerprint density at radius 3 is 2.18 bits per heavy atom. The van der Waals surface area contributed by atoms with Gasteiger partial charge in [-0.15, -0.1) is 0 Å². The normalized spacial score (nSPS) is 11.6. The fraction of sp³-hybridized carbons (Fsp3) is 0.409. The van der Waals surface area contributed by atoms with Gasteiger partial charge in [0.1, 0.15) is 0 Å². The summed E-state index contributed by atoms with van der Waals surface area (Å²) >= 11 is 0. The van der Waals surface area contributed by atoms with E-state index in [0.717, 1.165) is 5.56 Å². The van der Waals surface area contributed by atoms with Crippen LogP contribution in [0, 0.1) is 0 Å². The molecule has 152 valence electrons. The molecule has 28 heavy (non-hydrogen) atoms. The summed E-state index contributed by atoms with van der Waals surface area (Å²) in [4.78, 5) is 12.6. The van der Waals surface area contributed by atoms with Crippen LogP contribution in [-0.2, 0) is 11.3 Å². The molecule has 1 atom stereocenters. The minimum atomic E-state index is -0.609. The van der Waals surface area contributed by atoms with Gasteiger partial charge in [-0.05, 0) is 50.1 Å². The number of hydrogen-bond donors (Lipinski definition) is 1. The van der Waals surface area contributed by atoms with E-state index in [0.29, 0.717) is 36.0 Å². The molecule has 0 heterocycles. The molecule has 0 aromatic heterocycles. The van der Waals surface area contributed by atoms with E-state index in [1.54, 1.807) is 26.4 Å². The van der Waals surface area contributed by atoms with Crippen molar-refractivity contribution in [2.24, 2.45) is 0 Å². The molecule has 0 saturated heterocycles. The molecule has 0 aliphatic rings. The monoisotopic (exact) mass is 387 g/mol. The Hall–Kier alpha value is -2.89. The maximum Gasteiger partial charge on any atom is 0.261 e. The average Bonchev–Trinajstić information content (AvgIpc) is 2.70. The zero-order chi connectivity index (χ0) is 20.5. The van der Waals surface area contributed by atoms with Gasteiger partial charge in [-0.2, -0.15) is 0 Å². The number of rotatable bonds is 10. The van der Waals surface area contributed by atoms with Gasteiger partial charge in [0.05, 0.1) is 20.3 Å². The quantitative estimate of drug-likeness (QED) is 0.668. The van der Waals surface area contributed by atoms with Crippen LogP contribution in [0.1, 0.15) is 32.8 Å². The maximum absolute atomic E-state index is 12.6. The topological polar surface area (TPSA) is 66.0 Å². The van der Waals surface area contributed by atoms with Crippen molar-refractivity contribution in [3.05, 3.63) is 48.0 Å². The lowest BCUT2D eigenvalue weighted by atomic mass is 10.2. The first-order valence-electron chi connectivity index (χ1n) is 9.39. The van der Waals surface area contributed by atoms with Gasteiger partial charge in [0.25, 0.3) is 5.91 Å². The van der Waals surface area contributed by atoms with Crippen molar-refractivity contribution in [1.82, 2.24) is 5.32 Å². The Morgan fingerprint density at radius 1 is 0.929 bits per heavy atom. The van der Waals surface area contributed by atoms with E-state index >= 15 is 0 Å². The summed E-state index contributed by atoms with van der Waals surface area (Å²) in [6, 6.07) is 12.9. The fourth-order valence-electron chi connectivity index (χ4n) is 2.67. The van der Waals surface area contributed by atoms with Crippen molar-refractivity contribution in [2.75, 3.05) is 14.2 Å². The van der Waals surface area contributed by atoms with E-state index in [4.69, 9.17) is 18.9 Å². The summed E-state index contributed by atoms with van der Waals surface area (Å²) in [7, 11) is 3.17. The first kappa shape index (κ1) is 21.4. The third kappa shape index (κ3) is 5.81. The number of methoxy groups -OCH3 is 2. The summed E-state index contributed by atoms with van der Waals surface area (Å²) in [5.74, 6) is 2.27. The van der Waals surface area contributed by atoms with Crippen molar-refractivity contribution >= 4 is 5.91 Å². The zero-order valence-corrected chi connectivity index (χ0v) is 17.2. The second-order valence-corrected chi connectivity index (χ2v) is 6.54. The Balaban J connectivity index is 2.01. The molecule has 0 bridgehead atoms. The van der Waals surface area contributed by atoms with E-state index in [-0.39, 0.29) is 12.0 Å². The molecule has 0 aliphatic heterocycles. The van der Waals surface area contributed by atoms with Crippen LogP contribution in [-0.4, -0.2) is 32.3 Å². The Kier molecular flexibility index (Phi) is 7.99. The molecule has 2 aromatic rings. The van der Waals surface area contributed by atoms with E-state index in [1.807, 2.05) is 51.1 Å². The molecule has 0 unspecified atom stereocenters. The molecule has 0 fully saturated rings. The number of amides is 1. The van der Waals surface area contributed by atoms with E-state index in [9.17, 15) is 4.79 Å². The summed E-state index contributed by atoms with van der Waals surface area (Å²) in [6.07, 6.45) is -0.0207. The van der Waals surface area contributed by atoms with Crippen LogP contribution in [0.15, 0.2) is 42.5 Å². The van der Waals surface area contributed by atoms with E-state index in [2.05, 4.69) is 5.32 Å². The molecule has 2 rings (SSSR count). The van der Waals surface area contributed by atoms with Crippen molar-refractivity contribution in [2.45, 2.75) is 45.9 Å². The smallest absolute Gasteiger partial charge is 0.261 e. The van der Waals surface area contributed by atoms with Crippen LogP contribution < -0.4 is 24.3 Å². The average molecular weight is 387 g/mol. The number of nitrogens with one attached hydrogen (secondary N) is 1. The number of benzene rings is 2. The molecule has 1 amide bonds. The van der Waals surface area contributed by atoms with Crippen molar-refractivity contribution in [3.8, 4) is 23.0 Å². The van der Waals surface area contributed by atoms with Gasteiger partial charge in [0.2, 0.25) is 0 Å². The summed E-state index contributed by atoms with van der Waals surface area (Å²) < 4.78 is 22.3. The van der Waals surface area contributed by atoms with Gasteiger partial charge in [-0.3, -0.25) is 4.79 Å². The Morgan fingerprint density at radius 2 is 1.57 bits per heavy atom. The van der Waals surface area contributed by atoms with Crippen LogP contribution in [0.3, 0.4) is 0 Å². The van der Waals surface area contributed by atoms with Crippen molar-refractivity contribution in [3.63, 3.8) is 0 Å². The Labute approximate surface area is 166 Å². The number of carbonyl (C=O) groups is 1. The summed E-state index contributed by atoms with van der Waals surface area (Å²) in [5, 5.41) is 2.92. The van der Waals surface area contributed by atoms with E-state index in [1.165, 1.54) is 0 Å². The lowest BCUT2D eigenvalue weighted by molar-refractivity contribution is -0.128. The molecule has 6 heteroatoms. The zero-order valence-electron chi connectivity index (χ0n) is 17.2. The lowest BCUT2D eigenvalue weighted by Gasteiger charge is -2.19. The number of para-hydroxylation sites is 2. The molecular formula is C22H29NO5. The summed E-state index contributed by atoms with van der Waals surface area (Å²) in [5.41, 5.74) is 0.911. The van der Waals surface area contributed by atoms with Gasteiger partial charge in [-0.1, -0.05) is 25.1 Å². The maximum atomic E-state index is 12.6. The highest BCUT2D eigenvalue weighted by Crippen LogP contribution is 2.29. The molecule has 1 N–H and O–H groups in total. The Bertz CT molecular complexity index is 775. The van der Waals surface area contributed by atoms with Crippen LogP contribution in [0.5, 0.6) is 23.0 Å². The van der Waals surface area contributed by atoms with Gasteiger partial charge in [-0.25, -0.2) is 0 Å². The fourth-order valence-corrected chi connectivity index (χ4v) is 2.67. The van der Waals surface area contributed by atoms with Crippen molar-refractivity contribution < 1.29 is 23.7 Å². The predicted octanol–water partition coefficient (Wildman–Crippen LogP) is 3.96. The van der Waals surface area contributed by atoms with Crippen LogP contribution in [0.25, 0.3) is 0 Å². The first-order chi connectivity index (χ1) is 13.5.